The van der Waals surface area contributed by atoms with E-state index >= 15 is 0 Å². The van der Waals surface area contributed by atoms with Gasteiger partial charge in [-0.05, 0) is 18.9 Å². The molecule has 0 bridgehead atoms. The molecule has 1 amide bonds. The lowest BCUT2D eigenvalue weighted by atomic mass is 9.99. The highest BCUT2D eigenvalue weighted by Gasteiger charge is 2.21. The molecule has 0 radical (unpaired) electrons. The van der Waals surface area contributed by atoms with Crippen LogP contribution in [0.1, 0.15) is 12.8 Å². The summed E-state index contributed by atoms with van der Waals surface area (Å²) in [4.78, 5) is 16.2. The zero-order valence-electron chi connectivity index (χ0n) is 11.6. The summed E-state index contributed by atoms with van der Waals surface area (Å²) in [6.45, 7) is 2.28. The number of methoxy groups -OCH3 is 1. The fraction of sp³-hybridized carbons (Fsp3) is 0.571. The van der Waals surface area contributed by atoms with Crippen LogP contribution in [0.15, 0.2) is 18.3 Å². The van der Waals surface area contributed by atoms with Gasteiger partial charge in [-0.2, -0.15) is 0 Å². The Morgan fingerprint density at radius 2 is 2.20 bits per heavy atom. The SMILES string of the molecule is COCCOc1ccc(NC(=O)C2CCOCC2)cn1. The summed E-state index contributed by atoms with van der Waals surface area (Å²) >= 11 is 0. The van der Waals surface area contributed by atoms with Gasteiger partial charge in [0.2, 0.25) is 11.8 Å². The molecule has 6 heteroatoms. The minimum atomic E-state index is 0.0291. The fourth-order valence-electron chi connectivity index (χ4n) is 1.97. The molecular formula is C14H20N2O4. The molecule has 1 aliphatic heterocycles. The van der Waals surface area contributed by atoms with Crippen LogP contribution in [-0.4, -0.2) is 44.4 Å². The van der Waals surface area contributed by atoms with E-state index in [2.05, 4.69) is 10.3 Å². The molecular weight excluding hydrogens is 260 g/mol. The van der Waals surface area contributed by atoms with Crippen LogP contribution < -0.4 is 10.1 Å². The Kier molecular flexibility index (Phi) is 5.76. The second-order valence-electron chi connectivity index (χ2n) is 4.60. The van der Waals surface area contributed by atoms with Crippen molar-refractivity contribution < 1.29 is 19.0 Å². The fourth-order valence-corrected chi connectivity index (χ4v) is 1.97. The molecule has 20 heavy (non-hydrogen) atoms. The van der Waals surface area contributed by atoms with Gasteiger partial charge >= 0.3 is 0 Å². The molecule has 1 fully saturated rings. The van der Waals surface area contributed by atoms with E-state index in [4.69, 9.17) is 14.2 Å². The van der Waals surface area contributed by atoms with Gasteiger partial charge in [0.15, 0.2) is 0 Å². The standard InChI is InChI=1S/C14H20N2O4/c1-18-8-9-20-13-3-2-12(10-15-13)16-14(17)11-4-6-19-7-5-11/h2-3,10-11H,4-9H2,1H3,(H,16,17). The third-order valence-electron chi connectivity index (χ3n) is 3.13. The number of ether oxygens (including phenoxy) is 3. The Hall–Kier alpha value is -1.66. The van der Waals surface area contributed by atoms with E-state index in [1.165, 1.54) is 0 Å². The average molecular weight is 280 g/mol. The Morgan fingerprint density at radius 3 is 2.85 bits per heavy atom. The second-order valence-corrected chi connectivity index (χ2v) is 4.60. The van der Waals surface area contributed by atoms with Crippen LogP contribution in [0.3, 0.4) is 0 Å². The van der Waals surface area contributed by atoms with Gasteiger partial charge in [-0.25, -0.2) is 4.98 Å². The van der Waals surface area contributed by atoms with E-state index in [0.29, 0.717) is 38.0 Å². The number of pyridine rings is 1. The highest BCUT2D eigenvalue weighted by atomic mass is 16.5. The molecule has 0 spiro atoms. The van der Waals surface area contributed by atoms with Crippen molar-refractivity contribution in [3.63, 3.8) is 0 Å². The largest absolute Gasteiger partial charge is 0.475 e. The molecule has 2 rings (SSSR count). The third-order valence-corrected chi connectivity index (χ3v) is 3.13. The van der Waals surface area contributed by atoms with E-state index in [-0.39, 0.29) is 11.8 Å². The lowest BCUT2D eigenvalue weighted by molar-refractivity contribution is -0.122. The molecule has 0 saturated carbocycles. The number of carbonyl (C=O) groups excluding carboxylic acids is 1. The number of aromatic nitrogens is 1. The van der Waals surface area contributed by atoms with Crippen LogP contribution in [0.25, 0.3) is 0 Å². The van der Waals surface area contributed by atoms with Crippen molar-refractivity contribution in [1.29, 1.82) is 0 Å². The first-order chi connectivity index (χ1) is 9.79. The number of hydrogen-bond acceptors (Lipinski definition) is 5. The van der Waals surface area contributed by atoms with Crippen molar-refractivity contribution in [3.05, 3.63) is 18.3 Å². The average Bonchev–Trinajstić information content (AvgIpc) is 2.50. The number of rotatable bonds is 6. The maximum atomic E-state index is 12.0. The van der Waals surface area contributed by atoms with Gasteiger partial charge in [-0.15, -0.1) is 0 Å². The van der Waals surface area contributed by atoms with E-state index in [1.54, 1.807) is 25.4 Å². The summed E-state index contributed by atoms with van der Waals surface area (Å²) in [6.07, 6.45) is 3.15. The zero-order valence-corrected chi connectivity index (χ0v) is 11.6. The maximum Gasteiger partial charge on any atom is 0.227 e. The first-order valence-electron chi connectivity index (χ1n) is 6.76. The summed E-state index contributed by atoms with van der Waals surface area (Å²) in [7, 11) is 1.62. The van der Waals surface area contributed by atoms with E-state index in [0.717, 1.165) is 12.8 Å². The minimum Gasteiger partial charge on any atom is -0.475 e. The van der Waals surface area contributed by atoms with Crippen LogP contribution >= 0.6 is 0 Å². The molecule has 1 aromatic rings. The van der Waals surface area contributed by atoms with Crippen LogP contribution in [0.2, 0.25) is 0 Å². The van der Waals surface area contributed by atoms with Crippen molar-refractivity contribution >= 4 is 11.6 Å². The zero-order chi connectivity index (χ0) is 14.2. The van der Waals surface area contributed by atoms with Gasteiger partial charge in [-0.1, -0.05) is 0 Å². The maximum absolute atomic E-state index is 12.0. The van der Waals surface area contributed by atoms with Crippen molar-refractivity contribution in [3.8, 4) is 5.88 Å². The molecule has 0 unspecified atom stereocenters. The third kappa shape index (κ3) is 4.47. The molecule has 2 heterocycles. The minimum absolute atomic E-state index is 0.0291. The van der Waals surface area contributed by atoms with Gasteiger partial charge in [0.05, 0.1) is 18.5 Å². The van der Waals surface area contributed by atoms with Crippen molar-refractivity contribution in [2.24, 2.45) is 5.92 Å². The molecule has 1 saturated heterocycles. The second kappa shape index (κ2) is 7.81. The lowest BCUT2D eigenvalue weighted by Crippen LogP contribution is -2.28. The van der Waals surface area contributed by atoms with Crippen molar-refractivity contribution in [2.75, 3.05) is 38.9 Å². The summed E-state index contributed by atoms with van der Waals surface area (Å²) in [5.74, 6) is 0.579. The quantitative estimate of drug-likeness (QED) is 0.799. The van der Waals surface area contributed by atoms with Crippen LogP contribution in [-0.2, 0) is 14.3 Å². The number of carbonyl (C=O) groups is 1. The normalized spacial score (nSPS) is 15.8. The number of anilines is 1. The monoisotopic (exact) mass is 280 g/mol. The molecule has 0 aliphatic carbocycles. The van der Waals surface area contributed by atoms with Gasteiger partial charge in [0.25, 0.3) is 0 Å². The Morgan fingerprint density at radius 1 is 1.40 bits per heavy atom. The number of amides is 1. The van der Waals surface area contributed by atoms with Crippen LogP contribution in [0, 0.1) is 5.92 Å². The molecule has 1 aliphatic rings. The smallest absolute Gasteiger partial charge is 0.227 e. The number of nitrogens with zero attached hydrogens (tertiary/aromatic N) is 1. The highest BCUT2D eigenvalue weighted by molar-refractivity contribution is 5.92. The van der Waals surface area contributed by atoms with Crippen molar-refractivity contribution in [1.82, 2.24) is 4.98 Å². The molecule has 110 valence electrons. The van der Waals surface area contributed by atoms with E-state index < -0.39 is 0 Å². The highest BCUT2D eigenvalue weighted by Crippen LogP contribution is 2.18. The van der Waals surface area contributed by atoms with Gasteiger partial charge < -0.3 is 19.5 Å². The van der Waals surface area contributed by atoms with E-state index in [9.17, 15) is 4.79 Å². The van der Waals surface area contributed by atoms with Crippen LogP contribution in [0.5, 0.6) is 5.88 Å². The number of hydrogen-bond donors (Lipinski definition) is 1. The van der Waals surface area contributed by atoms with E-state index in [1.807, 2.05) is 0 Å². The van der Waals surface area contributed by atoms with Crippen molar-refractivity contribution in [2.45, 2.75) is 12.8 Å². The Balaban J connectivity index is 1.81. The number of nitrogens with one attached hydrogen (secondary N) is 1. The molecule has 6 nitrogen and oxygen atoms in total. The lowest BCUT2D eigenvalue weighted by Gasteiger charge is -2.21. The first kappa shape index (κ1) is 14.7. The Labute approximate surface area is 118 Å². The summed E-state index contributed by atoms with van der Waals surface area (Å²) in [5.41, 5.74) is 0.681. The summed E-state index contributed by atoms with van der Waals surface area (Å²) < 4.78 is 15.5. The van der Waals surface area contributed by atoms with Crippen LogP contribution in [0.4, 0.5) is 5.69 Å². The topological polar surface area (TPSA) is 69.7 Å². The van der Waals surface area contributed by atoms with Gasteiger partial charge in [0, 0.05) is 32.3 Å². The molecule has 0 atom stereocenters. The predicted octanol–water partition coefficient (Wildman–Crippen LogP) is 1.47. The molecule has 1 aromatic heterocycles. The van der Waals surface area contributed by atoms with Gasteiger partial charge in [0.1, 0.15) is 6.61 Å². The summed E-state index contributed by atoms with van der Waals surface area (Å²) in [5, 5.41) is 2.87. The first-order valence-corrected chi connectivity index (χ1v) is 6.76. The molecule has 0 aromatic carbocycles. The summed E-state index contributed by atoms with van der Waals surface area (Å²) in [6, 6.07) is 3.52. The van der Waals surface area contributed by atoms with Gasteiger partial charge in [-0.3, -0.25) is 4.79 Å². The Bertz CT molecular complexity index is 416. The predicted molar refractivity (Wildman–Crippen MR) is 73.8 cm³/mol. The molecule has 1 N–H and O–H groups in total.